The predicted molar refractivity (Wildman–Crippen MR) is 90.2 cm³/mol. The first-order valence-corrected chi connectivity index (χ1v) is 7.98. The highest BCUT2D eigenvalue weighted by Crippen LogP contribution is 2.35. The summed E-state index contributed by atoms with van der Waals surface area (Å²) < 4.78 is 0.882. The van der Waals surface area contributed by atoms with Crippen molar-refractivity contribution in [1.82, 2.24) is 0 Å². The van der Waals surface area contributed by atoms with Gasteiger partial charge in [0.25, 0.3) is 0 Å². The molecule has 5 heteroatoms. The molecule has 2 N–H and O–H groups in total. The molecule has 2 rings (SSSR count). The fraction of sp³-hybridized carbons (Fsp3) is 0.250. The summed E-state index contributed by atoms with van der Waals surface area (Å²) in [6.07, 6.45) is 0.399. The Morgan fingerprint density at radius 3 is 2.19 bits per heavy atom. The van der Waals surface area contributed by atoms with Gasteiger partial charge in [0.2, 0.25) is 0 Å². The SMILES string of the molecule is OCC(CO)(Cc1ccc(Br)cc1Cl)c1ccccc1Cl. The van der Waals surface area contributed by atoms with Crippen LogP contribution in [0.3, 0.4) is 0 Å². The minimum Gasteiger partial charge on any atom is -0.395 e. The van der Waals surface area contributed by atoms with Crippen LogP contribution in [0.5, 0.6) is 0 Å². The number of benzene rings is 2. The molecule has 2 aromatic rings. The van der Waals surface area contributed by atoms with Gasteiger partial charge in [-0.1, -0.05) is 63.4 Å². The van der Waals surface area contributed by atoms with Crippen molar-refractivity contribution in [2.45, 2.75) is 11.8 Å². The second-order valence-electron chi connectivity index (χ2n) is 4.99. The molecule has 0 aromatic heterocycles. The average molecular weight is 390 g/mol. The normalized spacial score (nSPS) is 11.7. The van der Waals surface area contributed by atoms with E-state index in [4.69, 9.17) is 23.2 Å². The summed E-state index contributed by atoms with van der Waals surface area (Å²) in [5.74, 6) is 0. The van der Waals surface area contributed by atoms with Crippen LogP contribution in [0.25, 0.3) is 0 Å². The van der Waals surface area contributed by atoms with Gasteiger partial charge in [0.15, 0.2) is 0 Å². The van der Waals surface area contributed by atoms with Gasteiger partial charge in [-0.3, -0.25) is 0 Å². The first-order chi connectivity index (χ1) is 10.0. The molecule has 0 saturated carbocycles. The molecule has 0 heterocycles. The first kappa shape index (κ1) is 16.8. The molecule has 112 valence electrons. The van der Waals surface area contributed by atoms with E-state index in [0.717, 1.165) is 15.6 Å². The summed E-state index contributed by atoms with van der Waals surface area (Å²) in [5, 5.41) is 20.9. The van der Waals surface area contributed by atoms with Gasteiger partial charge in [-0.05, 0) is 35.7 Å². The maximum absolute atomic E-state index is 9.89. The number of hydrogen-bond acceptors (Lipinski definition) is 2. The molecule has 0 atom stereocenters. The van der Waals surface area contributed by atoms with Gasteiger partial charge in [-0.25, -0.2) is 0 Å². The Kier molecular flexibility index (Phi) is 5.69. The van der Waals surface area contributed by atoms with Gasteiger partial charge in [0.1, 0.15) is 0 Å². The molecule has 0 saturated heterocycles. The van der Waals surface area contributed by atoms with Crippen LogP contribution in [0, 0.1) is 0 Å². The van der Waals surface area contributed by atoms with E-state index in [1.54, 1.807) is 12.1 Å². The van der Waals surface area contributed by atoms with Crippen LogP contribution in [-0.4, -0.2) is 23.4 Å². The standard InChI is InChI=1S/C16H15BrCl2O2/c17-12-6-5-11(15(19)7-12)8-16(9-20,10-21)13-3-1-2-4-14(13)18/h1-7,20-21H,8-10H2. The van der Waals surface area contributed by atoms with E-state index in [9.17, 15) is 10.2 Å². The first-order valence-electron chi connectivity index (χ1n) is 6.43. The summed E-state index contributed by atoms with van der Waals surface area (Å²) >= 11 is 15.8. The van der Waals surface area contributed by atoms with Crippen LogP contribution in [0.4, 0.5) is 0 Å². The van der Waals surface area contributed by atoms with Gasteiger partial charge in [0, 0.05) is 19.9 Å². The average Bonchev–Trinajstić information content (AvgIpc) is 2.48. The highest BCUT2D eigenvalue weighted by Gasteiger charge is 2.33. The van der Waals surface area contributed by atoms with Crippen molar-refractivity contribution in [1.29, 1.82) is 0 Å². The summed E-state index contributed by atoms with van der Waals surface area (Å²) in [4.78, 5) is 0. The van der Waals surface area contributed by atoms with E-state index in [1.807, 2.05) is 30.3 Å². The third-order valence-electron chi connectivity index (χ3n) is 3.59. The van der Waals surface area contributed by atoms with Crippen molar-refractivity contribution in [3.8, 4) is 0 Å². The van der Waals surface area contributed by atoms with Crippen LogP contribution in [-0.2, 0) is 11.8 Å². The van der Waals surface area contributed by atoms with Gasteiger partial charge < -0.3 is 10.2 Å². The van der Waals surface area contributed by atoms with Crippen molar-refractivity contribution >= 4 is 39.1 Å². The second kappa shape index (κ2) is 7.12. The molecular weight excluding hydrogens is 375 g/mol. The lowest BCUT2D eigenvalue weighted by Gasteiger charge is -2.31. The van der Waals surface area contributed by atoms with E-state index in [0.29, 0.717) is 16.5 Å². The van der Waals surface area contributed by atoms with Crippen LogP contribution < -0.4 is 0 Å². The van der Waals surface area contributed by atoms with Crippen LogP contribution in [0.2, 0.25) is 10.0 Å². The molecule has 0 aliphatic rings. The molecule has 0 bridgehead atoms. The highest BCUT2D eigenvalue weighted by molar-refractivity contribution is 9.10. The van der Waals surface area contributed by atoms with Crippen LogP contribution >= 0.6 is 39.1 Å². The fourth-order valence-electron chi connectivity index (χ4n) is 2.35. The lowest BCUT2D eigenvalue weighted by Crippen LogP contribution is -2.37. The van der Waals surface area contributed by atoms with E-state index in [1.165, 1.54) is 0 Å². The minimum absolute atomic E-state index is 0.223. The fourth-order valence-corrected chi connectivity index (χ4v) is 3.42. The Bertz CT molecular complexity index is 627. The van der Waals surface area contributed by atoms with Crippen molar-refractivity contribution in [2.75, 3.05) is 13.2 Å². The van der Waals surface area contributed by atoms with Crippen LogP contribution in [0.15, 0.2) is 46.9 Å². The van der Waals surface area contributed by atoms with Gasteiger partial charge in [0.05, 0.1) is 13.2 Å². The van der Waals surface area contributed by atoms with E-state index < -0.39 is 5.41 Å². The summed E-state index contributed by atoms with van der Waals surface area (Å²) in [5.41, 5.74) is 0.703. The van der Waals surface area contributed by atoms with E-state index in [-0.39, 0.29) is 13.2 Å². The van der Waals surface area contributed by atoms with Crippen molar-refractivity contribution in [3.05, 3.63) is 68.1 Å². The zero-order chi connectivity index (χ0) is 15.5. The summed E-state index contributed by atoms with van der Waals surface area (Å²) in [6, 6.07) is 12.8. The Labute approximate surface area is 142 Å². The molecular formula is C16H15BrCl2O2. The molecule has 0 radical (unpaired) electrons. The molecule has 0 aliphatic heterocycles. The molecule has 0 aliphatic carbocycles. The molecule has 21 heavy (non-hydrogen) atoms. The largest absolute Gasteiger partial charge is 0.395 e. The number of rotatable bonds is 5. The highest BCUT2D eigenvalue weighted by atomic mass is 79.9. The predicted octanol–water partition coefficient (Wildman–Crippen LogP) is 4.22. The minimum atomic E-state index is -0.865. The molecule has 2 aromatic carbocycles. The van der Waals surface area contributed by atoms with E-state index in [2.05, 4.69) is 15.9 Å². The van der Waals surface area contributed by atoms with E-state index >= 15 is 0 Å². The molecule has 0 spiro atoms. The number of aliphatic hydroxyl groups is 2. The number of halogens is 3. The monoisotopic (exact) mass is 388 g/mol. The molecule has 0 unspecified atom stereocenters. The Morgan fingerprint density at radius 1 is 0.952 bits per heavy atom. The summed E-state index contributed by atoms with van der Waals surface area (Å²) in [6.45, 7) is -0.445. The lowest BCUT2D eigenvalue weighted by molar-refractivity contribution is 0.116. The Morgan fingerprint density at radius 2 is 1.62 bits per heavy atom. The van der Waals surface area contributed by atoms with Gasteiger partial charge >= 0.3 is 0 Å². The quantitative estimate of drug-likeness (QED) is 0.803. The van der Waals surface area contributed by atoms with Gasteiger partial charge in [-0.15, -0.1) is 0 Å². The van der Waals surface area contributed by atoms with Crippen LogP contribution in [0.1, 0.15) is 11.1 Å². The lowest BCUT2D eigenvalue weighted by atomic mass is 9.77. The van der Waals surface area contributed by atoms with Crippen molar-refractivity contribution in [3.63, 3.8) is 0 Å². The number of hydrogen-bond donors (Lipinski definition) is 2. The zero-order valence-corrected chi connectivity index (χ0v) is 14.3. The molecule has 2 nitrogen and oxygen atoms in total. The number of aliphatic hydroxyl groups excluding tert-OH is 2. The summed E-state index contributed by atoms with van der Waals surface area (Å²) in [7, 11) is 0. The zero-order valence-electron chi connectivity index (χ0n) is 11.2. The maximum Gasteiger partial charge on any atom is 0.0553 e. The maximum atomic E-state index is 9.89. The Balaban J connectivity index is 2.46. The third kappa shape index (κ3) is 3.61. The molecule has 0 fully saturated rings. The second-order valence-corrected chi connectivity index (χ2v) is 6.72. The third-order valence-corrected chi connectivity index (χ3v) is 4.77. The topological polar surface area (TPSA) is 40.5 Å². The Hall–Kier alpha value is -0.580. The van der Waals surface area contributed by atoms with Gasteiger partial charge in [-0.2, -0.15) is 0 Å². The smallest absolute Gasteiger partial charge is 0.0553 e. The van der Waals surface area contributed by atoms with Crippen molar-refractivity contribution in [2.24, 2.45) is 0 Å². The molecule has 0 amide bonds. The van der Waals surface area contributed by atoms with Crippen molar-refractivity contribution < 1.29 is 10.2 Å².